The number of rotatable bonds is 4. The normalized spacial score (nSPS) is 27.1. The Bertz CT molecular complexity index is 847. The minimum atomic E-state index is -0.212. The smallest absolute Gasteiger partial charge is 0.151 e. The van der Waals surface area contributed by atoms with Gasteiger partial charge in [0.1, 0.15) is 0 Å². The minimum absolute atomic E-state index is 0.181. The third-order valence-corrected chi connectivity index (χ3v) is 5.30. The van der Waals surface area contributed by atoms with E-state index in [2.05, 4.69) is 59.2 Å². The van der Waals surface area contributed by atoms with E-state index in [1.807, 2.05) is 30.3 Å². The molecule has 3 heterocycles. The average Bonchev–Trinajstić information content (AvgIpc) is 3.46. The van der Waals surface area contributed by atoms with Crippen molar-refractivity contribution in [1.29, 1.82) is 0 Å². The molecule has 2 aliphatic heterocycles. The van der Waals surface area contributed by atoms with Gasteiger partial charge in [0, 0.05) is 0 Å². The summed E-state index contributed by atoms with van der Waals surface area (Å²) >= 11 is 0. The highest BCUT2D eigenvalue weighted by molar-refractivity contribution is 5.23. The van der Waals surface area contributed by atoms with Crippen molar-refractivity contribution in [1.82, 2.24) is 15.6 Å². The highest BCUT2D eigenvalue weighted by Gasteiger charge is 2.30. The maximum absolute atomic E-state index is 5.98. The molecule has 142 valence electrons. The van der Waals surface area contributed by atoms with Crippen LogP contribution in [0.3, 0.4) is 0 Å². The fourth-order valence-electron chi connectivity index (χ4n) is 3.80. The Balaban J connectivity index is 1.28. The molecule has 3 aromatic rings. The SMILES string of the molecule is c1ccc([C@@H]2COC(c3cccc(C4N[C@H](c5ccccc5)CO4)n3)N2)cc1. The molecule has 2 aliphatic rings. The first-order valence-electron chi connectivity index (χ1n) is 9.69. The molecule has 0 aliphatic carbocycles. The van der Waals surface area contributed by atoms with Gasteiger partial charge in [0.2, 0.25) is 0 Å². The van der Waals surface area contributed by atoms with E-state index in [4.69, 9.17) is 14.5 Å². The molecule has 0 spiro atoms. The van der Waals surface area contributed by atoms with E-state index in [1.165, 1.54) is 11.1 Å². The second kappa shape index (κ2) is 7.81. The Kier molecular flexibility index (Phi) is 4.89. The Morgan fingerprint density at radius 3 is 1.54 bits per heavy atom. The second-order valence-electron chi connectivity index (χ2n) is 7.17. The van der Waals surface area contributed by atoms with Crippen molar-refractivity contribution >= 4 is 0 Å². The Labute approximate surface area is 164 Å². The fraction of sp³-hybridized carbons (Fsp3) is 0.261. The van der Waals surface area contributed by atoms with Crippen LogP contribution in [0.1, 0.15) is 47.1 Å². The van der Waals surface area contributed by atoms with E-state index in [0.29, 0.717) is 13.2 Å². The van der Waals surface area contributed by atoms with Gasteiger partial charge in [-0.3, -0.25) is 10.6 Å². The maximum Gasteiger partial charge on any atom is 0.151 e. The Morgan fingerprint density at radius 2 is 1.07 bits per heavy atom. The first kappa shape index (κ1) is 17.5. The summed E-state index contributed by atoms with van der Waals surface area (Å²) in [5.41, 5.74) is 4.22. The van der Waals surface area contributed by atoms with Crippen LogP contribution in [0.15, 0.2) is 78.9 Å². The van der Waals surface area contributed by atoms with Gasteiger partial charge in [0.15, 0.2) is 12.5 Å². The number of benzene rings is 2. The van der Waals surface area contributed by atoms with Gasteiger partial charge in [0.25, 0.3) is 0 Å². The van der Waals surface area contributed by atoms with Crippen LogP contribution < -0.4 is 10.6 Å². The summed E-state index contributed by atoms with van der Waals surface area (Å²) in [4.78, 5) is 4.82. The zero-order valence-electron chi connectivity index (χ0n) is 15.5. The molecule has 2 fully saturated rings. The molecule has 4 atom stereocenters. The molecule has 0 amide bonds. The zero-order chi connectivity index (χ0) is 18.8. The van der Waals surface area contributed by atoms with Gasteiger partial charge in [-0.2, -0.15) is 0 Å². The summed E-state index contributed by atoms with van der Waals surface area (Å²) in [6, 6.07) is 27.1. The van der Waals surface area contributed by atoms with Gasteiger partial charge >= 0.3 is 0 Å². The summed E-state index contributed by atoms with van der Waals surface area (Å²) in [7, 11) is 0. The predicted molar refractivity (Wildman–Crippen MR) is 106 cm³/mol. The lowest BCUT2D eigenvalue weighted by Crippen LogP contribution is -2.22. The predicted octanol–water partition coefficient (Wildman–Crippen LogP) is 3.80. The van der Waals surface area contributed by atoms with E-state index >= 15 is 0 Å². The first-order chi connectivity index (χ1) is 13.9. The summed E-state index contributed by atoms with van der Waals surface area (Å²) in [5.74, 6) is 0. The minimum Gasteiger partial charge on any atom is -0.355 e. The Morgan fingerprint density at radius 1 is 0.607 bits per heavy atom. The van der Waals surface area contributed by atoms with Gasteiger partial charge in [-0.25, -0.2) is 4.98 Å². The summed E-state index contributed by atoms with van der Waals surface area (Å²) in [6.07, 6.45) is -0.423. The molecule has 0 radical (unpaired) electrons. The molecule has 5 heteroatoms. The average molecular weight is 373 g/mol. The summed E-state index contributed by atoms with van der Waals surface area (Å²) in [6.45, 7) is 1.27. The zero-order valence-corrected chi connectivity index (χ0v) is 15.5. The summed E-state index contributed by atoms with van der Waals surface area (Å²) < 4.78 is 12.0. The molecule has 28 heavy (non-hydrogen) atoms. The number of ether oxygens (including phenoxy) is 2. The lowest BCUT2D eigenvalue weighted by Gasteiger charge is -2.16. The van der Waals surface area contributed by atoms with Crippen molar-refractivity contribution in [3.8, 4) is 0 Å². The molecule has 2 unspecified atom stereocenters. The molecule has 5 rings (SSSR count). The number of pyridine rings is 1. The molecule has 1 aromatic heterocycles. The number of hydrogen-bond acceptors (Lipinski definition) is 5. The van der Waals surface area contributed by atoms with Crippen molar-refractivity contribution in [3.63, 3.8) is 0 Å². The lowest BCUT2D eigenvalue weighted by molar-refractivity contribution is 0.0890. The van der Waals surface area contributed by atoms with Crippen LogP contribution in [-0.4, -0.2) is 18.2 Å². The van der Waals surface area contributed by atoms with Gasteiger partial charge < -0.3 is 9.47 Å². The largest absolute Gasteiger partial charge is 0.355 e. The molecular formula is C23H23N3O2. The van der Waals surface area contributed by atoms with Gasteiger partial charge in [0.05, 0.1) is 36.7 Å². The highest BCUT2D eigenvalue weighted by atomic mass is 16.5. The number of aromatic nitrogens is 1. The quantitative estimate of drug-likeness (QED) is 0.729. The monoisotopic (exact) mass is 373 g/mol. The lowest BCUT2D eigenvalue weighted by atomic mass is 10.1. The molecule has 2 saturated heterocycles. The van der Waals surface area contributed by atoms with E-state index in [1.54, 1.807) is 0 Å². The van der Waals surface area contributed by atoms with Crippen LogP contribution in [0.5, 0.6) is 0 Å². The Hall–Kier alpha value is -2.57. The van der Waals surface area contributed by atoms with Crippen molar-refractivity contribution in [3.05, 3.63) is 101 Å². The van der Waals surface area contributed by atoms with Crippen molar-refractivity contribution in [2.75, 3.05) is 13.2 Å². The van der Waals surface area contributed by atoms with Crippen molar-refractivity contribution < 1.29 is 9.47 Å². The molecular weight excluding hydrogens is 350 g/mol. The third kappa shape index (κ3) is 3.57. The van der Waals surface area contributed by atoms with Crippen molar-refractivity contribution in [2.24, 2.45) is 0 Å². The van der Waals surface area contributed by atoms with E-state index in [9.17, 15) is 0 Å². The summed E-state index contributed by atoms with van der Waals surface area (Å²) in [5, 5.41) is 7.06. The maximum atomic E-state index is 5.98. The van der Waals surface area contributed by atoms with Crippen LogP contribution in [0, 0.1) is 0 Å². The fourth-order valence-corrected chi connectivity index (χ4v) is 3.80. The molecule has 0 saturated carbocycles. The molecule has 2 N–H and O–H groups in total. The standard InChI is InChI=1S/C23H23N3O2/c1-3-8-16(9-4-1)20-14-27-22(25-20)18-12-7-13-19(24-18)23-26-21(15-28-23)17-10-5-2-6-11-17/h1-13,20-23,25-26H,14-15H2/t20-,21-,22?,23?/m0/s1. The van der Waals surface area contributed by atoms with Crippen LogP contribution >= 0.6 is 0 Å². The van der Waals surface area contributed by atoms with Crippen LogP contribution in [-0.2, 0) is 9.47 Å². The molecule has 5 nitrogen and oxygen atoms in total. The van der Waals surface area contributed by atoms with E-state index in [-0.39, 0.29) is 24.5 Å². The molecule has 0 bridgehead atoms. The number of hydrogen-bond donors (Lipinski definition) is 2. The topological polar surface area (TPSA) is 55.4 Å². The molecule has 2 aromatic carbocycles. The highest BCUT2D eigenvalue weighted by Crippen LogP contribution is 2.30. The van der Waals surface area contributed by atoms with Gasteiger partial charge in [-0.15, -0.1) is 0 Å². The van der Waals surface area contributed by atoms with Crippen molar-refractivity contribution in [2.45, 2.75) is 24.5 Å². The van der Waals surface area contributed by atoms with Crippen LogP contribution in [0.2, 0.25) is 0 Å². The first-order valence-corrected chi connectivity index (χ1v) is 9.69. The van der Waals surface area contributed by atoms with E-state index < -0.39 is 0 Å². The van der Waals surface area contributed by atoms with Gasteiger partial charge in [-0.05, 0) is 23.3 Å². The van der Waals surface area contributed by atoms with Crippen LogP contribution in [0.4, 0.5) is 0 Å². The number of nitrogens with zero attached hydrogens (tertiary/aromatic N) is 1. The third-order valence-electron chi connectivity index (χ3n) is 5.30. The van der Waals surface area contributed by atoms with E-state index in [0.717, 1.165) is 11.4 Å². The number of nitrogens with one attached hydrogen (secondary N) is 2. The van der Waals surface area contributed by atoms with Gasteiger partial charge in [-0.1, -0.05) is 66.7 Å². The van der Waals surface area contributed by atoms with Crippen LogP contribution in [0.25, 0.3) is 0 Å². The second-order valence-corrected chi connectivity index (χ2v) is 7.17.